The zero-order chi connectivity index (χ0) is 6.10. The minimum Gasteiger partial charge on any atom is -0.144 e. The topological polar surface area (TPSA) is 0 Å². The van der Waals surface area contributed by atoms with E-state index < -0.39 is 0 Å². The molecule has 9 heavy (non-hydrogen) atoms. The van der Waals surface area contributed by atoms with Gasteiger partial charge in [0.05, 0.1) is 0 Å². The maximum Gasteiger partial charge on any atom is 0.0349 e. The molecule has 1 aromatic heterocycles. The molecule has 0 aliphatic carbocycles. The first-order chi connectivity index (χ1) is 4.47. The molecule has 2 aromatic rings. The van der Waals surface area contributed by atoms with E-state index in [2.05, 4.69) is 29.6 Å². The Morgan fingerprint density at radius 1 is 1.33 bits per heavy atom. The van der Waals surface area contributed by atoms with Crippen LogP contribution in [-0.2, 0) is 0 Å². The second-order valence-electron chi connectivity index (χ2n) is 1.80. The van der Waals surface area contributed by atoms with Crippen molar-refractivity contribution in [3.05, 3.63) is 35.7 Å². The van der Waals surface area contributed by atoms with Crippen molar-refractivity contribution >= 4 is 21.4 Å². The van der Waals surface area contributed by atoms with Crippen LogP contribution in [0, 0.1) is 12.1 Å². The average Bonchev–Trinajstić information content (AvgIpc) is 2.33. The standard InChI is InChI=1S/C8H4S/c1-2-4-8-7(3-1)5-6-9-8/h2,4-6H. The van der Waals surface area contributed by atoms with Crippen molar-refractivity contribution in [2.24, 2.45) is 0 Å². The van der Waals surface area contributed by atoms with Crippen LogP contribution in [0.5, 0.6) is 0 Å². The highest BCUT2D eigenvalue weighted by Gasteiger charge is 1.88. The van der Waals surface area contributed by atoms with Gasteiger partial charge in [0.25, 0.3) is 0 Å². The molecule has 0 aliphatic heterocycles. The van der Waals surface area contributed by atoms with E-state index in [1.54, 1.807) is 11.3 Å². The lowest BCUT2D eigenvalue weighted by Crippen LogP contribution is -1.58. The number of hydrogen-bond acceptors (Lipinski definition) is 1. The zero-order valence-corrected chi connectivity index (χ0v) is 5.53. The minimum absolute atomic E-state index is 1.17. The fourth-order valence-corrected chi connectivity index (χ4v) is 1.53. The molecule has 0 fully saturated rings. The van der Waals surface area contributed by atoms with Gasteiger partial charge in [0.15, 0.2) is 0 Å². The molecule has 0 spiro atoms. The minimum atomic E-state index is 1.17. The molecule has 0 aliphatic rings. The molecule has 42 valence electrons. The highest BCUT2D eigenvalue weighted by Crippen LogP contribution is 2.18. The van der Waals surface area contributed by atoms with Crippen LogP contribution in [-0.4, -0.2) is 0 Å². The molecule has 1 aromatic carbocycles. The van der Waals surface area contributed by atoms with Crippen LogP contribution in [0.1, 0.15) is 0 Å². The van der Waals surface area contributed by atoms with Gasteiger partial charge in [0, 0.05) is 10.1 Å². The second-order valence-corrected chi connectivity index (χ2v) is 2.75. The molecular formula is C8H4S. The third kappa shape index (κ3) is 0.736. The summed E-state index contributed by atoms with van der Waals surface area (Å²) in [6, 6.07) is 11.9. The van der Waals surface area contributed by atoms with E-state index in [4.69, 9.17) is 0 Å². The summed E-state index contributed by atoms with van der Waals surface area (Å²) in [6.07, 6.45) is 0. The molecule has 0 unspecified atom stereocenters. The van der Waals surface area contributed by atoms with Gasteiger partial charge in [-0.05, 0) is 29.6 Å². The van der Waals surface area contributed by atoms with Gasteiger partial charge in [0.2, 0.25) is 0 Å². The SMILES string of the molecule is [c]1[c]c2ccsc2cc1. The van der Waals surface area contributed by atoms with Crippen LogP contribution in [0.3, 0.4) is 0 Å². The molecule has 0 nitrogen and oxygen atoms in total. The number of benzene rings is 1. The normalized spacial score (nSPS) is 10.2. The average molecular weight is 132 g/mol. The van der Waals surface area contributed by atoms with E-state index in [-0.39, 0.29) is 0 Å². The highest BCUT2D eigenvalue weighted by molar-refractivity contribution is 7.17. The molecule has 2 radical (unpaired) electrons. The molecule has 0 amide bonds. The lowest BCUT2D eigenvalue weighted by molar-refractivity contribution is 1.81. The third-order valence-corrected chi connectivity index (χ3v) is 2.10. The lowest BCUT2D eigenvalue weighted by atomic mass is 10.3. The molecule has 0 saturated heterocycles. The number of fused-ring (bicyclic) bond motifs is 1. The maximum absolute atomic E-state index is 3.02. The van der Waals surface area contributed by atoms with Gasteiger partial charge in [-0.1, -0.05) is 6.07 Å². The Morgan fingerprint density at radius 3 is 3.22 bits per heavy atom. The number of rotatable bonds is 0. The van der Waals surface area contributed by atoms with Gasteiger partial charge in [-0.15, -0.1) is 11.3 Å². The third-order valence-electron chi connectivity index (χ3n) is 1.22. The predicted octanol–water partition coefficient (Wildman–Crippen LogP) is 2.50. The Morgan fingerprint density at radius 2 is 2.33 bits per heavy atom. The van der Waals surface area contributed by atoms with Gasteiger partial charge in [-0.25, -0.2) is 0 Å². The van der Waals surface area contributed by atoms with Gasteiger partial charge >= 0.3 is 0 Å². The van der Waals surface area contributed by atoms with E-state index in [1.165, 1.54) is 10.1 Å². The van der Waals surface area contributed by atoms with Crippen LogP contribution < -0.4 is 0 Å². The summed E-state index contributed by atoms with van der Waals surface area (Å²) in [5.74, 6) is 0. The zero-order valence-electron chi connectivity index (χ0n) is 4.72. The van der Waals surface area contributed by atoms with E-state index in [9.17, 15) is 0 Å². The first-order valence-corrected chi connectivity index (χ1v) is 3.60. The maximum atomic E-state index is 3.02. The van der Waals surface area contributed by atoms with Crippen molar-refractivity contribution in [2.75, 3.05) is 0 Å². The van der Waals surface area contributed by atoms with Gasteiger partial charge in [0.1, 0.15) is 0 Å². The monoisotopic (exact) mass is 132 g/mol. The van der Waals surface area contributed by atoms with Crippen molar-refractivity contribution < 1.29 is 0 Å². The van der Waals surface area contributed by atoms with Gasteiger partial charge in [-0.3, -0.25) is 0 Å². The van der Waals surface area contributed by atoms with Crippen molar-refractivity contribution in [3.63, 3.8) is 0 Å². The highest BCUT2D eigenvalue weighted by atomic mass is 32.1. The van der Waals surface area contributed by atoms with Crippen LogP contribution in [0.25, 0.3) is 10.1 Å². The Hall–Kier alpha value is -0.820. The molecule has 0 bridgehead atoms. The largest absolute Gasteiger partial charge is 0.144 e. The van der Waals surface area contributed by atoms with Gasteiger partial charge < -0.3 is 0 Å². The molecule has 1 heteroatoms. The first-order valence-electron chi connectivity index (χ1n) is 2.72. The Labute approximate surface area is 57.8 Å². The first kappa shape index (κ1) is 5.00. The number of hydrogen-bond donors (Lipinski definition) is 0. The Bertz CT molecular complexity index is 279. The van der Waals surface area contributed by atoms with E-state index in [1.807, 2.05) is 6.07 Å². The predicted molar refractivity (Wildman–Crippen MR) is 39.5 cm³/mol. The van der Waals surface area contributed by atoms with Crippen LogP contribution in [0.15, 0.2) is 23.6 Å². The second kappa shape index (κ2) is 1.85. The molecule has 0 atom stereocenters. The summed E-state index contributed by atoms with van der Waals surface area (Å²) < 4.78 is 1.29. The number of thiophene rings is 1. The molecular weight excluding hydrogens is 128 g/mol. The summed E-state index contributed by atoms with van der Waals surface area (Å²) in [6.45, 7) is 0. The smallest absolute Gasteiger partial charge is 0.0349 e. The van der Waals surface area contributed by atoms with Crippen LogP contribution in [0.4, 0.5) is 0 Å². The molecule has 2 rings (SSSR count). The van der Waals surface area contributed by atoms with Crippen molar-refractivity contribution in [3.8, 4) is 0 Å². The van der Waals surface area contributed by atoms with Crippen molar-refractivity contribution in [1.82, 2.24) is 0 Å². The summed E-state index contributed by atoms with van der Waals surface area (Å²) in [4.78, 5) is 0. The Kier molecular flexibility index (Phi) is 1.03. The quantitative estimate of drug-likeness (QED) is 0.516. The van der Waals surface area contributed by atoms with Crippen LogP contribution in [0.2, 0.25) is 0 Å². The molecule has 1 heterocycles. The summed E-state index contributed by atoms with van der Waals surface area (Å²) in [5.41, 5.74) is 0. The van der Waals surface area contributed by atoms with Crippen molar-refractivity contribution in [1.29, 1.82) is 0 Å². The fraction of sp³-hybridized carbons (Fsp3) is 0. The summed E-state index contributed by atoms with van der Waals surface area (Å²) >= 11 is 1.74. The molecule has 0 saturated carbocycles. The Balaban J connectivity index is 2.95. The van der Waals surface area contributed by atoms with E-state index >= 15 is 0 Å². The summed E-state index contributed by atoms with van der Waals surface area (Å²) in [5, 5.41) is 3.23. The van der Waals surface area contributed by atoms with E-state index in [0.29, 0.717) is 0 Å². The molecule has 0 N–H and O–H groups in total. The van der Waals surface area contributed by atoms with Crippen molar-refractivity contribution in [2.45, 2.75) is 0 Å². The lowest BCUT2D eigenvalue weighted by Gasteiger charge is -1.80. The summed E-state index contributed by atoms with van der Waals surface area (Å²) in [7, 11) is 0. The fourth-order valence-electron chi connectivity index (χ4n) is 0.790. The van der Waals surface area contributed by atoms with E-state index in [0.717, 1.165) is 0 Å². The van der Waals surface area contributed by atoms with Crippen LogP contribution >= 0.6 is 11.3 Å². The van der Waals surface area contributed by atoms with Gasteiger partial charge in [-0.2, -0.15) is 0 Å².